The minimum absolute atomic E-state index is 0.273. The Balaban J connectivity index is 2.27. The zero-order chi connectivity index (χ0) is 11.1. The SMILES string of the molecule is C#CCC1(O)CC2CCCC(C1)S2(=O)=O. The molecule has 2 unspecified atom stereocenters. The molecule has 15 heavy (non-hydrogen) atoms. The van der Waals surface area contributed by atoms with Gasteiger partial charge in [-0.2, -0.15) is 0 Å². The number of sulfone groups is 1. The zero-order valence-electron chi connectivity index (χ0n) is 8.65. The largest absolute Gasteiger partial charge is 0.389 e. The Morgan fingerprint density at radius 1 is 1.33 bits per heavy atom. The van der Waals surface area contributed by atoms with Gasteiger partial charge in [-0.3, -0.25) is 0 Å². The molecule has 0 amide bonds. The lowest BCUT2D eigenvalue weighted by Gasteiger charge is -2.43. The van der Waals surface area contributed by atoms with E-state index in [-0.39, 0.29) is 16.9 Å². The fourth-order valence-electron chi connectivity index (χ4n) is 2.88. The van der Waals surface area contributed by atoms with Crippen molar-refractivity contribution in [1.82, 2.24) is 0 Å². The Kier molecular flexibility index (Phi) is 2.56. The van der Waals surface area contributed by atoms with Gasteiger partial charge in [0, 0.05) is 6.42 Å². The van der Waals surface area contributed by atoms with Crippen LogP contribution in [0.5, 0.6) is 0 Å². The van der Waals surface area contributed by atoms with E-state index in [4.69, 9.17) is 6.42 Å². The summed E-state index contributed by atoms with van der Waals surface area (Å²) >= 11 is 0. The van der Waals surface area contributed by atoms with Gasteiger partial charge in [-0.15, -0.1) is 12.3 Å². The predicted molar refractivity (Wildman–Crippen MR) is 58.0 cm³/mol. The van der Waals surface area contributed by atoms with Gasteiger partial charge in [0.1, 0.15) is 0 Å². The highest BCUT2D eigenvalue weighted by Crippen LogP contribution is 2.42. The van der Waals surface area contributed by atoms with E-state index in [1.54, 1.807) is 0 Å². The molecule has 2 saturated heterocycles. The molecule has 0 aromatic rings. The van der Waals surface area contributed by atoms with E-state index in [0.29, 0.717) is 25.7 Å². The molecule has 2 aliphatic rings. The average molecular weight is 228 g/mol. The summed E-state index contributed by atoms with van der Waals surface area (Å²) in [6.45, 7) is 0. The third kappa shape index (κ3) is 1.79. The summed E-state index contributed by atoms with van der Waals surface area (Å²) in [4.78, 5) is 0. The van der Waals surface area contributed by atoms with Gasteiger partial charge < -0.3 is 5.11 Å². The summed E-state index contributed by atoms with van der Waals surface area (Å²) in [7, 11) is -2.98. The van der Waals surface area contributed by atoms with Gasteiger partial charge in [-0.1, -0.05) is 6.42 Å². The molecule has 0 saturated carbocycles. The first-order valence-corrected chi connectivity index (χ1v) is 6.97. The molecule has 4 heteroatoms. The minimum Gasteiger partial charge on any atom is -0.389 e. The molecule has 0 spiro atoms. The molecule has 0 aromatic carbocycles. The van der Waals surface area contributed by atoms with Gasteiger partial charge in [-0.25, -0.2) is 8.42 Å². The first-order chi connectivity index (χ1) is 6.98. The third-order valence-corrected chi connectivity index (χ3v) is 6.29. The van der Waals surface area contributed by atoms with Crippen LogP contribution in [0.15, 0.2) is 0 Å². The summed E-state index contributed by atoms with van der Waals surface area (Å²) < 4.78 is 23.8. The molecule has 2 heterocycles. The number of hydrogen-bond donors (Lipinski definition) is 1. The molecule has 2 rings (SSSR count). The van der Waals surface area contributed by atoms with Crippen LogP contribution in [0.25, 0.3) is 0 Å². The van der Waals surface area contributed by atoms with Crippen LogP contribution in [0.2, 0.25) is 0 Å². The molecule has 0 aliphatic carbocycles. The Hall–Kier alpha value is -0.530. The highest BCUT2D eigenvalue weighted by Gasteiger charge is 2.49. The summed E-state index contributed by atoms with van der Waals surface area (Å²) in [6.07, 6.45) is 8.47. The lowest BCUT2D eigenvalue weighted by Crippen LogP contribution is -2.51. The number of rotatable bonds is 1. The van der Waals surface area contributed by atoms with Crippen LogP contribution < -0.4 is 0 Å². The molecule has 0 radical (unpaired) electrons. The fraction of sp³-hybridized carbons (Fsp3) is 0.818. The van der Waals surface area contributed by atoms with Crippen LogP contribution in [-0.2, 0) is 9.84 Å². The molecule has 3 nitrogen and oxygen atoms in total. The van der Waals surface area contributed by atoms with Crippen LogP contribution in [0.4, 0.5) is 0 Å². The Morgan fingerprint density at radius 2 is 1.87 bits per heavy atom. The Morgan fingerprint density at radius 3 is 2.33 bits per heavy atom. The topological polar surface area (TPSA) is 54.4 Å². The molecule has 2 aliphatic heterocycles. The van der Waals surface area contributed by atoms with E-state index in [1.807, 2.05) is 0 Å². The van der Waals surface area contributed by atoms with E-state index in [0.717, 1.165) is 6.42 Å². The lowest BCUT2D eigenvalue weighted by atomic mass is 9.83. The van der Waals surface area contributed by atoms with Crippen molar-refractivity contribution in [3.8, 4) is 12.3 Å². The molecule has 84 valence electrons. The van der Waals surface area contributed by atoms with Crippen molar-refractivity contribution in [3.63, 3.8) is 0 Å². The summed E-state index contributed by atoms with van der Waals surface area (Å²) in [5, 5.41) is 9.49. The van der Waals surface area contributed by atoms with Crippen molar-refractivity contribution in [2.24, 2.45) is 0 Å². The van der Waals surface area contributed by atoms with E-state index >= 15 is 0 Å². The monoisotopic (exact) mass is 228 g/mol. The number of terminal acetylenes is 1. The van der Waals surface area contributed by atoms with Gasteiger partial charge in [0.05, 0.1) is 16.1 Å². The molecule has 2 fully saturated rings. The van der Waals surface area contributed by atoms with Crippen molar-refractivity contribution in [3.05, 3.63) is 0 Å². The smallest absolute Gasteiger partial charge is 0.156 e. The normalized spacial score (nSPS) is 43.2. The average Bonchev–Trinajstić information content (AvgIpc) is 2.09. The van der Waals surface area contributed by atoms with Crippen LogP contribution in [-0.4, -0.2) is 29.6 Å². The number of aliphatic hydroxyl groups is 1. The second-order valence-electron chi connectivity index (χ2n) is 4.78. The van der Waals surface area contributed by atoms with E-state index in [2.05, 4.69) is 5.92 Å². The first kappa shape index (κ1) is 11.0. The van der Waals surface area contributed by atoms with Crippen molar-refractivity contribution in [2.45, 2.75) is 54.6 Å². The lowest BCUT2D eigenvalue weighted by molar-refractivity contribution is 0.0144. The number of fused-ring (bicyclic) bond motifs is 2. The summed E-state index contributed by atoms with van der Waals surface area (Å²) in [5.74, 6) is 2.45. The number of hydrogen-bond acceptors (Lipinski definition) is 3. The zero-order valence-corrected chi connectivity index (χ0v) is 9.46. The van der Waals surface area contributed by atoms with Gasteiger partial charge >= 0.3 is 0 Å². The van der Waals surface area contributed by atoms with E-state index < -0.39 is 15.4 Å². The summed E-state index contributed by atoms with van der Waals surface area (Å²) in [6, 6.07) is 0. The third-order valence-electron chi connectivity index (χ3n) is 3.63. The van der Waals surface area contributed by atoms with Crippen molar-refractivity contribution in [1.29, 1.82) is 0 Å². The fourth-order valence-corrected chi connectivity index (χ4v) is 5.50. The Labute approximate surface area is 90.8 Å². The van der Waals surface area contributed by atoms with Gasteiger partial charge in [-0.05, 0) is 25.7 Å². The Bertz CT molecular complexity index is 371. The van der Waals surface area contributed by atoms with Crippen LogP contribution in [0, 0.1) is 12.3 Å². The highest BCUT2D eigenvalue weighted by molar-refractivity contribution is 7.92. The quantitative estimate of drug-likeness (QED) is 0.678. The van der Waals surface area contributed by atoms with Crippen molar-refractivity contribution in [2.75, 3.05) is 0 Å². The molecule has 0 aromatic heterocycles. The molecule has 2 bridgehead atoms. The molecule has 1 N–H and O–H groups in total. The summed E-state index contributed by atoms with van der Waals surface area (Å²) in [5.41, 5.74) is -0.935. The maximum absolute atomic E-state index is 11.9. The van der Waals surface area contributed by atoms with Gasteiger partial charge in [0.2, 0.25) is 0 Å². The maximum atomic E-state index is 11.9. The maximum Gasteiger partial charge on any atom is 0.156 e. The second kappa shape index (κ2) is 3.50. The van der Waals surface area contributed by atoms with Crippen LogP contribution >= 0.6 is 0 Å². The predicted octanol–water partition coefficient (Wildman–Crippen LogP) is 0.871. The van der Waals surface area contributed by atoms with Crippen LogP contribution in [0.3, 0.4) is 0 Å². The van der Waals surface area contributed by atoms with Gasteiger partial charge in [0.15, 0.2) is 9.84 Å². The molecule has 2 atom stereocenters. The molecular weight excluding hydrogens is 212 g/mol. The highest BCUT2D eigenvalue weighted by atomic mass is 32.2. The minimum atomic E-state index is -2.98. The van der Waals surface area contributed by atoms with Crippen molar-refractivity contribution >= 4 is 9.84 Å². The molecular formula is C11H16O3S. The van der Waals surface area contributed by atoms with Gasteiger partial charge in [0.25, 0.3) is 0 Å². The van der Waals surface area contributed by atoms with Crippen LogP contribution in [0.1, 0.15) is 38.5 Å². The standard InChI is InChI=1S/C11H16O3S/c1-2-6-11(12)7-9-4-3-5-10(8-11)15(9,13)14/h1,9-10,12H,3-8H2. The van der Waals surface area contributed by atoms with E-state index in [9.17, 15) is 13.5 Å². The first-order valence-electron chi connectivity index (χ1n) is 5.36. The van der Waals surface area contributed by atoms with Crippen molar-refractivity contribution < 1.29 is 13.5 Å². The van der Waals surface area contributed by atoms with E-state index in [1.165, 1.54) is 0 Å². The second-order valence-corrected chi connectivity index (χ2v) is 7.29.